The zero-order valence-electron chi connectivity index (χ0n) is 14.6. The highest BCUT2D eigenvalue weighted by molar-refractivity contribution is 5.95. The summed E-state index contributed by atoms with van der Waals surface area (Å²) >= 11 is 0. The number of hydrogen-bond acceptors (Lipinski definition) is 3. The number of rotatable bonds is 6. The van der Waals surface area contributed by atoms with Crippen LogP contribution >= 0.6 is 0 Å². The van der Waals surface area contributed by atoms with E-state index < -0.39 is 5.60 Å². The van der Waals surface area contributed by atoms with E-state index in [-0.39, 0.29) is 5.91 Å². The van der Waals surface area contributed by atoms with Gasteiger partial charge in [-0.25, -0.2) is 0 Å². The highest BCUT2D eigenvalue weighted by Crippen LogP contribution is 2.42. The molecule has 1 heterocycles. The molecule has 128 valence electrons. The van der Waals surface area contributed by atoms with Crippen molar-refractivity contribution >= 4 is 5.91 Å². The number of carbonyl (C=O) groups excluding carboxylic acids is 1. The van der Waals surface area contributed by atoms with E-state index in [1.54, 1.807) is 18.1 Å². The summed E-state index contributed by atoms with van der Waals surface area (Å²) in [6.07, 6.45) is 7.73. The molecule has 5 nitrogen and oxygen atoms in total. The second-order valence-electron chi connectivity index (χ2n) is 7.89. The van der Waals surface area contributed by atoms with Gasteiger partial charge in [0.05, 0.1) is 23.1 Å². The molecule has 1 amide bonds. The molecule has 0 spiro atoms. The molecular formula is C18H29N3O2. The molecular weight excluding hydrogens is 290 g/mol. The first-order chi connectivity index (χ1) is 10.9. The molecule has 23 heavy (non-hydrogen) atoms. The monoisotopic (exact) mass is 319 g/mol. The fourth-order valence-electron chi connectivity index (χ4n) is 3.75. The molecule has 2 saturated carbocycles. The minimum absolute atomic E-state index is 0.00207. The van der Waals surface area contributed by atoms with Gasteiger partial charge in [-0.3, -0.25) is 9.48 Å². The van der Waals surface area contributed by atoms with Crippen LogP contribution in [0.5, 0.6) is 0 Å². The Morgan fingerprint density at radius 3 is 2.65 bits per heavy atom. The van der Waals surface area contributed by atoms with Gasteiger partial charge in [0.25, 0.3) is 5.91 Å². The van der Waals surface area contributed by atoms with E-state index in [4.69, 9.17) is 0 Å². The third kappa shape index (κ3) is 3.60. The molecule has 0 unspecified atom stereocenters. The Balaban J connectivity index is 1.77. The maximum atomic E-state index is 12.9. The molecule has 0 bridgehead atoms. The van der Waals surface area contributed by atoms with E-state index in [0.29, 0.717) is 18.4 Å². The molecule has 1 aromatic heterocycles. The molecule has 1 aromatic rings. The standard InChI is InChI=1S/C18H29N3O2/c1-13(2)11-21-16(14-6-7-14)15(10-19-21)17(22)20(3)12-18(23)8-4-5-9-18/h10,13-14,23H,4-9,11-12H2,1-3H3. The highest BCUT2D eigenvalue weighted by Gasteiger charge is 2.36. The first-order valence-electron chi connectivity index (χ1n) is 8.93. The lowest BCUT2D eigenvalue weighted by atomic mass is 10.0. The molecule has 3 rings (SSSR count). The molecule has 2 aliphatic rings. The van der Waals surface area contributed by atoms with Crippen molar-refractivity contribution in [2.45, 2.75) is 70.4 Å². The first kappa shape index (κ1) is 16.5. The summed E-state index contributed by atoms with van der Waals surface area (Å²) in [6.45, 7) is 5.61. The lowest BCUT2D eigenvalue weighted by molar-refractivity contribution is 0.0156. The van der Waals surface area contributed by atoms with Crippen molar-refractivity contribution in [2.24, 2.45) is 5.92 Å². The number of carbonyl (C=O) groups is 1. The number of amides is 1. The number of hydrogen-bond donors (Lipinski definition) is 1. The maximum absolute atomic E-state index is 12.9. The van der Waals surface area contributed by atoms with Crippen LogP contribution in [0.1, 0.15) is 74.3 Å². The number of aliphatic hydroxyl groups is 1. The lowest BCUT2D eigenvalue weighted by Crippen LogP contribution is -2.42. The number of nitrogens with zero attached hydrogens (tertiary/aromatic N) is 3. The van der Waals surface area contributed by atoms with Gasteiger partial charge in [0, 0.05) is 26.1 Å². The van der Waals surface area contributed by atoms with Crippen molar-refractivity contribution in [1.82, 2.24) is 14.7 Å². The summed E-state index contributed by atoms with van der Waals surface area (Å²) in [7, 11) is 1.80. The molecule has 0 aliphatic heterocycles. The van der Waals surface area contributed by atoms with Crippen molar-refractivity contribution in [3.63, 3.8) is 0 Å². The zero-order valence-corrected chi connectivity index (χ0v) is 14.6. The summed E-state index contributed by atoms with van der Waals surface area (Å²) in [5, 5.41) is 15.0. The Hall–Kier alpha value is -1.36. The Morgan fingerprint density at radius 1 is 1.43 bits per heavy atom. The van der Waals surface area contributed by atoms with Gasteiger partial charge in [-0.2, -0.15) is 5.10 Å². The van der Waals surface area contributed by atoms with E-state index in [9.17, 15) is 9.90 Å². The number of aromatic nitrogens is 2. The average Bonchev–Trinajstić information content (AvgIpc) is 3.10. The molecule has 5 heteroatoms. The predicted octanol–water partition coefficient (Wildman–Crippen LogP) is 2.79. The van der Waals surface area contributed by atoms with Gasteiger partial charge in [0.15, 0.2) is 0 Å². The minimum Gasteiger partial charge on any atom is -0.388 e. The van der Waals surface area contributed by atoms with E-state index in [0.717, 1.165) is 56.3 Å². The predicted molar refractivity (Wildman–Crippen MR) is 89.4 cm³/mol. The second kappa shape index (κ2) is 6.27. The summed E-state index contributed by atoms with van der Waals surface area (Å²) in [5.74, 6) is 0.993. The molecule has 0 radical (unpaired) electrons. The summed E-state index contributed by atoms with van der Waals surface area (Å²) < 4.78 is 2.02. The topological polar surface area (TPSA) is 58.4 Å². The van der Waals surface area contributed by atoms with Crippen LogP contribution in [-0.2, 0) is 6.54 Å². The summed E-state index contributed by atoms with van der Waals surface area (Å²) in [5.41, 5.74) is 1.14. The fourth-order valence-corrected chi connectivity index (χ4v) is 3.75. The Morgan fingerprint density at radius 2 is 2.09 bits per heavy atom. The lowest BCUT2D eigenvalue weighted by Gasteiger charge is -2.28. The molecule has 2 fully saturated rings. The Labute approximate surface area is 138 Å². The van der Waals surface area contributed by atoms with Crippen molar-refractivity contribution in [3.05, 3.63) is 17.5 Å². The molecule has 0 saturated heterocycles. The normalized spacial score (nSPS) is 20.2. The van der Waals surface area contributed by atoms with Crippen molar-refractivity contribution < 1.29 is 9.90 Å². The average molecular weight is 319 g/mol. The van der Waals surface area contributed by atoms with Gasteiger partial charge in [-0.05, 0) is 31.6 Å². The summed E-state index contributed by atoms with van der Waals surface area (Å²) in [6, 6.07) is 0. The van der Waals surface area contributed by atoms with E-state index in [2.05, 4.69) is 18.9 Å². The van der Waals surface area contributed by atoms with Crippen molar-refractivity contribution in [2.75, 3.05) is 13.6 Å². The SMILES string of the molecule is CC(C)Cn1ncc(C(=O)N(C)CC2(O)CCCC2)c1C1CC1. The van der Waals surface area contributed by atoms with Crippen LogP contribution in [0.25, 0.3) is 0 Å². The molecule has 1 N–H and O–H groups in total. The third-order valence-electron chi connectivity index (χ3n) is 5.03. The van der Waals surface area contributed by atoms with Gasteiger partial charge in [-0.15, -0.1) is 0 Å². The van der Waals surface area contributed by atoms with Gasteiger partial charge in [0.1, 0.15) is 0 Å². The first-order valence-corrected chi connectivity index (χ1v) is 8.93. The molecule has 2 aliphatic carbocycles. The van der Waals surface area contributed by atoms with Crippen LogP contribution in [0.15, 0.2) is 6.20 Å². The highest BCUT2D eigenvalue weighted by atomic mass is 16.3. The Kier molecular flexibility index (Phi) is 4.50. The second-order valence-corrected chi connectivity index (χ2v) is 7.89. The quantitative estimate of drug-likeness (QED) is 0.877. The van der Waals surface area contributed by atoms with Gasteiger partial charge in [-0.1, -0.05) is 26.7 Å². The Bertz CT molecular complexity index is 569. The fraction of sp³-hybridized carbons (Fsp3) is 0.778. The van der Waals surface area contributed by atoms with E-state index >= 15 is 0 Å². The van der Waals surface area contributed by atoms with Gasteiger partial charge < -0.3 is 10.0 Å². The molecule has 0 aromatic carbocycles. The van der Waals surface area contributed by atoms with E-state index in [1.807, 2.05) is 4.68 Å². The van der Waals surface area contributed by atoms with Crippen LogP contribution in [0.4, 0.5) is 0 Å². The van der Waals surface area contributed by atoms with Crippen LogP contribution < -0.4 is 0 Å². The van der Waals surface area contributed by atoms with Crippen LogP contribution in [0, 0.1) is 5.92 Å². The van der Waals surface area contributed by atoms with E-state index in [1.165, 1.54) is 0 Å². The number of likely N-dealkylation sites (N-methyl/N-ethyl adjacent to an activating group) is 1. The molecule has 0 atom stereocenters. The largest absolute Gasteiger partial charge is 0.388 e. The van der Waals surface area contributed by atoms with Gasteiger partial charge in [0.2, 0.25) is 0 Å². The smallest absolute Gasteiger partial charge is 0.257 e. The maximum Gasteiger partial charge on any atom is 0.257 e. The van der Waals surface area contributed by atoms with Crippen LogP contribution in [0.3, 0.4) is 0 Å². The third-order valence-corrected chi connectivity index (χ3v) is 5.03. The van der Waals surface area contributed by atoms with Crippen molar-refractivity contribution in [1.29, 1.82) is 0 Å². The van der Waals surface area contributed by atoms with Crippen molar-refractivity contribution in [3.8, 4) is 0 Å². The van der Waals surface area contributed by atoms with Gasteiger partial charge >= 0.3 is 0 Å². The van der Waals surface area contributed by atoms with Crippen LogP contribution in [0.2, 0.25) is 0 Å². The minimum atomic E-state index is -0.696. The summed E-state index contributed by atoms with van der Waals surface area (Å²) in [4.78, 5) is 14.6. The van der Waals surface area contributed by atoms with Crippen LogP contribution in [-0.4, -0.2) is 44.9 Å². The zero-order chi connectivity index (χ0) is 16.6.